The summed E-state index contributed by atoms with van der Waals surface area (Å²) >= 11 is 5.74. The molecule has 1 heterocycles. The van der Waals surface area contributed by atoms with E-state index < -0.39 is 39.2 Å². The molecule has 0 aliphatic rings. The van der Waals surface area contributed by atoms with E-state index in [0.29, 0.717) is 10.4 Å². The summed E-state index contributed by atoms with van der Waals surface area (Å²) in [5.41, 5.74) is 6.44. The lowest BCUT2D eigenvalue weighted by Gasteiger charge is -2.24. The van der Waals surface area contributed by atoms with Crippen LogP contribution in [0.1, 0.15) is 33.6 Å². The molecule has 1 amide bonds. The molecule has 0 aliphatic carbocycles. The highest BCUT2D eigenvalue weighted by Gasteiger charge is 2.35. The van der Waals surface area contributed by atoms with Gasteiger partial charge < -0.3 is 4.57 Å². The Bertz CT molecular complexity index is 1750. The molecule has 220 valence electrons. The number of carbonyl (C=O) groups excluding carboxylic acids is 1. The van der Waals surface area contributed by atoms with Crippen molar-refractivity contribution in [3.05, 3.63) is 111 Å². The Kier molecular flexibility index (Phi) is 8.84. The van der Waals surface area contributed by atoms with Crippen LogP contribution in [0.4, 0.5) is 18.9 Å². The van der Waals surface area contributed by atoms with E-state index in [4.69, 9.17) is 11.6 Å². The van der Waals surface area contributed by atoms with Gasteiger partial charge in [-0.05, 0) is 75.2 Å². The highest BCUT2D eigenvalue weighted by atomic mass is 35.5. The molecule has 0 fully saturated rings. The number of aryl methyl sites for hydroxylation is 3. The van der Waals surface area contributed by atoms with Gasteiger partial charge in [-0.2, -0.15) is 18.3 Å². The van der Waals surface area contributed by atoms with E-state index >= 15 is 0 Å². The molecular formula is C30H28ClF3N4O3S. The van der Waals surface area contributed by atoms with Crippen LogP contribution in [0, 0.1) is 27.7 Å². The van der Waals surface area contributed by atoms with Gasteiger partial charge in [-0.3, -0.25) is 9.10 Å². The zero-order chi connectivity index (χ0) is 30.8. The fraction of sp³-hybridized carbons (Fsp3) is 0.200. The third kappa shape index (κ3) is 6.37. The average molecular weight is 617 g/mol. The molecule has 0 atom stereocenters. The number of amides is 1. The van der Waals surface area contributed by atoms with Gasteiger partial charge in [-0.15, -0.1) is 0 Å². The lowest BCUT2D eigenvalue weighted by molar-refractivity contribution is -0.137. The number of hydrogen-bond donors (Lipinski definition) is 1. The number of nitrogens with zero attached hydrogens (tertiary/aromatic N) is 3. The monoisotopic (exact) mass is 616 g/mol. The minimum atomic E-state index is -4.84. The SMILES string of the molecule is Cc1cccc(C)c1-n1c(C)cc(/C=N\NC(=O)CN(c2ccc(Cl)c(C(F)(F)F)c2)S(=O)(=O)c2ccccc2)c1C. The summed E-state index contributed by atoms with van der Waals surface area (Å²) in [5.74, 6) is -0.863. The number of aromatic nitrogens is 1. The minimum Gasteiger partial charge on any atom is -0.317 e. The van der Waals surface area contributed by atoms with E-state index in [9.17, 15) is 26.4 Å². The maximum atomic E-state index is 13.6. The molecular weight excluding hydrogens is 589 g/mol. The highest BCUT2D eigenvalue weighted by Crippen LogP contribution is 2.38. The maximum absolute atomic E-state index is 13.6. The van der Waals surface area contributed by atoms with Crippen LogP contribution in [0.15, 0.2) is 82.8 Å². The predicted octanol–water partition coefficient (Wildman–Crippen LogP) is 6.73. The standard InChI is InChI=1S/C30H28ClF3N4O3S/c1-19-9-8-10-20(2)29(19)38-21(3)15-23(22(38)4)17-35-36-28(39)18-37(42(40,41)25-11-6-5-7-12-25)24-13-14-27(31)26(16-24)30(32,33)34/h5-17H,18H2,1-4H3,(H,36,39)/b35-17-. The number of halogens is 4. The van der Waals surface area contributed by atoms with Crippen molar-refractivity contribution in [1.29, 1.82) is 0 Å². The van der Waals surface area contributed by atoms with Gasteiger partial charge in [0.15, 0.2) is 0 Å². The number of hydrogen-bond acceptors (Lipinski definition) is 4. The fourth-order valence-corrected chi connectivity index (χ4v) is 6.34. The molecule has 3 aromatic carbocycles. The second-order valence-corrected chi connectivity index (χ2v) is 12.0. The van der Waals surface area contributed by atoms with E-state index in [1.54, 1.807) is 6.07 Å². The molecule has 0 unspecified atom stereocenters. The van der Waals surface area contributed by atoms with Crippen LogP contribution in [0.3, 0.4) is 0 Å². The number of rotatable bonds is 8. The van der Waals surface area contributed by atoms with Crippen molar-refractivity contribution in [2.75, 3.05) is 10.8 Å². The number of carbonyl (C=O) groups is 1. The Morgan fingerprint density at radius 1 is 0.976 bits per heavy atom. The Hall–Kier alpha value is -4.09. The van der Waals surface area contributed by atoms with Crippen molar-refractivity contribution < 1.29 is 26.4 Å². The zero-order valence-corrected chi connectivity index (χ0v) is 24.8. The van der Waals surface area contributed by atoms with Crippen molar-refractivity contribution in [1.82, 2.24) is 9.99 Å². The summed E-state index contributed by atoms with van der Waals surface area (Å²) in [4.78, 5) is 12.7. The van der Waals surface area contributed by atoms with Crippen LogP contribution < -0.4 is 9.73 Å². The van der Waals surface area contributed by atoms with Gasteiger partial charge >= 0.3 is 6.18 Å². The minimum absolute atomic E-state index is 0.205. The molecule has 0 spiro atoms. The molecule has 4 aromatic rings. The maximum Gasteiger partial charge on any atom is 0.417 e. The van der Waals surface area contributed by atoms with Crippen LogP contribution in [-0.2, 0) is 21.0 Å². The molecule has 7 nitrogen and oxygen atoms in total. The first-order valence-corrected chi connectivity index (χ1v) is 14.6. The number of sulfonamides is 1. The highest BCUT2D eigenvalue weighted by molar-refractivity contribution is 7.92. The first-order valence-electron chi connectivity index (χ1n) is 12.7. The van der Waals surface area contributed by atoms with Crippen LogP contribution in [0.25, 0.3) is 5.69 Å². The predicted molar refractivity (Wildman–Crippen MR) is 158 cm³/mol. The van der Waals surface area contributed by atoms with E-state index in [1.807, 2.05) is 52.0 Å². The second-order valence-electron chi connectivity index (χ2n) is 9.68. The molecule has 1 aromatic heterocycles. The smallest absolute Gasteiger partial charge is 0.317 e. The van der Waals surface area contributed by atoms with Gasteiger partial charge in [0.25, 0.3) is 15.9 Å². The molecule has 42 heavy (non-hydrogen) atoms. The molecule has 0 bridgehead atoms. The Morgan fingerprint density at radius 2 is 1.62 bits per heavy atom. The number of alkyl halides is 3. The topological polar surface area (TPSA) is 83.8 Å². The van der Waals surface area contributed by atoms with Gasteiger partial charge in [0, 0.05) is 17.0 Å². The zero-order valence-electron chi connectivity index (χ0n) is 23.2. The van der Waals surface area contributed by atoms with Gasteiger partial charge in [0.1, 0.15) is 6.54 Å². The fourth-order valence-electron chi connectivity index (χ4n) is 4.68. The number of nitrogens with one attached hydrogen (secondary N) is 1. The quantitative estimate of drug-likeness (QED) is 0.176. The molecule has 4 rings (SSSR count). The molecule has 1 N–H and O–H groups in total. The van der Waals surface area contributed by atoms with Crippen molar-refractivity contribution in [3.63, 3.8) is 0 Å². The van der Waals surface area contributed by atoms with E-state index in [1.165, 1.54) is 30.5 Å². The van der Waals surface area contributed by atoms with Crippen LogP contribution in [0.2, 0.25) is 5.02 Å². The third-order valence-corrected chi connectivity index (χ3v) is 8.81. The molecule has 0 aliphatic heterocycles. The van der Waals surface area contributed by atoms with Crippen molar-refractivity contribution in [3.8, 4) is 5.69 Å². The molecule has 12 heteroatoms. The lowest BCUT2D eigenvalue weighted by atomic mass is 10.1. The normalized spacial score (nSPS) is 12.1. The largest absolute Gasteiger partial charge is 0.417 e. The van der Waals surface area contributed by atoms with Crippen molar-refractivity contribution in [2.24, 2.45) is 5.10 Å². The summed E-state index contributed by atoms with van der Waals surface area (Å²) in [6.45, 7) is 7.05. The van der Waals surface area contributed by atoms with Gasteiger partial charge in [-0.25, -0.2) is 13.8 Å². The van der Waals surface area contributed by atoms with Crippen molar-refractivity contribution in [2.45, 2.75) is 38.8 Å². The van der Waals surface area contributed by atoms with Gasteiger partial charge in [0.05, 0.1) is 33.1 Å². The molecule has 0 saturated heterocycles. The van der Waals surface area contributed by atoms with Crippen LogP contribution >= 0.6 is 11.6 Å². The Balaban J connectivity index is 1.63. The first kappa shape index (κ1) is 30.9. The second kappa shape index (κ2) is 12.0. The van der Waals surface area contributed by atoms with E-state index in [-0.39, 0.29) is 10.6 Å². The summed E-state index contributed by atoms with van der Waals surface area (Å²) in [5, 5.41) is 3.41. The Morgan fingerprint density at radius 3 is 2.24 bits per heavy atom. The number of benzene rings is 3. The number of hydrazone groups is 1. The summed E-state index contributed by atoms with van der Waals surface area (Å²) in [6, 6.07) is 17.6. The average Bonchev–Trinajstić information content (AvgIpc) is 3.20. The van der Waals surface area contributed by atoms with Gasteiger partial charge in [-0.1, -0.05) is 48.0 Å². The van der Waals surface area contributed by atoms with Crippen molar-refractivity contribution >= 4 is 39.4 Å². The first-order chi connectivity index (χ1) is 19.7. The molecule has 0 saturated carbocycles. The molecule has 0 radical (unpaired) electrons. The van der Waals surface area contributed by atoms with E-state index in [2.05, 4.69) is 15.1 Å². The summed E-state index contributed by atoms with van der Waals surface area (Å²) in [7, 11) is -4.44. The van der Waals surface area contributed by atoms with Gasteiger partial charge in [0.2, 0.25) is 0 Å². The van der Waals surface area contributed by atoms with E-state index in [0.717, 1.165) is 45.9 Å². The Labute approximate surface area is 247 Å². The van der Waals surface area contributed by atoms with Crippen LogP contribution in [0.5, 0.6) is 0 Å². The lowest BCUT2D eigenvalue weighted by Crippen LogP contribution is -2.39. The number of anilines is 1. The van der Waals surface area contributed by atoms with Crippen LogP contribution in [-0.4, -0.2) is 31.7 Å². The summed E-state index contributed by atoms with van der Waals surface area (Å²) < 4.78 is 70.3. The third-order valence-electron chi connectivity index (χ3n) is 6.69. The summed E-state index contributed by atoms with van der Waals surface area (Å²) in [6.07, 6.45) is -3.41. The number of para-hydroxylation sites is 1.